The lowest BCUT2D eigenvalue weighted by molar-refractivity contribution is 0.116. The minimum absolute atomic E-state index is 0.0252. The van der Waals surface area contributed by atoms with Crippen LogP contribution in [0.5, 0.6) is 11.5 Å². The zero-order valence-electron chi connectivity index (χ0n) is 9.43. The van der Waals surface area contributed by atoms with Crippen molar-refractivity contribution in [2.75, 3.05) is 14.2 Å². The van der Waals surface area contributed by atoms with Crippen LogP contribution >= 0.6 is 12.2 Å². The minimum atomic E-state index is -0.466. The number of aromatic hydroxyl groups is 1. The van der Waals surface area contributed by atoms with E-state index in [0.29, 0.717) is 10.7 Å². The van der Waals surface area contributed by atoms with Crippen molar-refractivity contribution >= 4 is 23.1 Å². The van der Waals surface area contributed by atoms with Crippen molar-refractivity contribution in [2.45, 2.75) is 6.23 Å². The lowest BCUT2D eigenvalue weighted by Crippen LogP contribution is -2.23. The van der Waals surface area contributed by atoms with Crippen LogP contribution in [0.3, 0.4) is 0 Å². The van der Waals surface area contributed by atoms with Crippen molar-refractivity contribution in [2.24, 2.45) is 0 Å². The number of phenolic OH excluding ortho intramolecular Hbond substituents is 1. The maximum atomic E-state index is 9.68. The van der Waals surface area contributed by atoms with Crippen molar-refractivity contribution in [3.8, 4) is 11.5 Å². The zero-order valence-corrected chi connectivity index (χ0v) is 10.2. The Labute approximate surface area is 104 Å². The van der Waals surface area contributed by atoms with E-state index >= 15 is 0 Å². The van der Waals surface area contributed by atoms with Crippen LogP contribution in [0.15, 0.2) is 18.2 Å². The molecular weight excluding hydrogens is 240 g/mol. The monoisotopic (exact) mass is 252 g/mol. The number of hydrogen-bond donors (Lipinski definition) is 2. The predicted octanol–water partition coefficient (Wildman–Crippen LogP) is 1.67. The van der Waals surface area contributed by atoms with E-state index in [1.54, 1.807) is 30.1 Å². The van der Waals surface area contributed by atoms with Gasteiger partial charge in [0.05, 0.1) is 7.11 Å². The molecule has 1 saturated heterocycles. The molecule has 5 nitrogen and oxygen atoms in total. The quantitative estimate of drug-likeness (QED) is 0.784. The topological polar surface area (TPSA) is 65.8 Å². The number of likely N-dealkylation sites (N-methyl/N-ethyl adjacent to an activating group) is 1. The highest BCUT2D eigenvalue weighted by Crippen LogP contribution is 2.33. The number of hydrogen-bond acceptors (Lipinski definition) is 5. The number of rotatable bonds is 2. The molecule has 0 bridgehead atoms. The van der Waals surface area contributed by atoms with Crippen LogP contribution in [-0.4, -0.2) is 35.1 Å². The van der Waals surface area contributed by atoms with Crippen molar-refractivity contribution < 1.29 is 14.6 Å². The molecule has 0 aromatic heterocycles. The second-order valence-corrected chi connectivity index (χ2v) is 4.03. The fraction of sp³-hybridized carbons (Fsp3) is 0.273. The Hall–Kier alpha value is -1.82. The molecule has 0 aliphatic carbocycles. The Morgan fingerprint density at radius 1 is 1.53 bits per heavy atom. The first-order valence-corrected chi connectivity index (χ1v) is 5.34. The van der Waals surface area contributed by atoms with Crippen molar-refractivity contribution in [3.05, 3.63) is 23.8 Å². The van der Waals surface area contributed by atoms with E-state index in [4.69, 9.17) is 27.1 Å². The van der Waals surface area contributed by atoms with Gasteiger partial charge in [0.1, 0.15) is 0 Å². The number of ether oxygens (including phenoxy) is 2. The lowest BCUT2D eigenvalue weighted by atomic mass is 10.1. The third-order valence-electron chi connectivity index (χ3n) is 2.58. The number of nitrogens with zero attached hydrogens (tertiary/aromatic N) is 1. The molecule has 0 spiro atoms. The Morgan fingerprint density at radius 3 is 2.71 bits per heavy atom. The lowest BCUT2D eigenvalue weighted by Gasteiger charge is -2.19. The summed E-state index contributed by atoms with van der Waals surface area (Å²) in [5, 5.41) is 17.2. The zero-order chi connectivity index (χ0) is 12.6. The van der Waals surface area contributed by atoms with Crippen LogP contribution < -0.4 is 4.74 Å². The summed E-state index contributed by atoms with van der Waals surface area (Å²) in [5.74, 6) is 0.404. The molecule has 1 fully saturated rings. The average Bonchev–Trinajstić information content (AvgIpc) is 2.57. The van der Waals surface area contributed by atoms with E-state index < -0.39 is 6.23 Å². The van der Waals surface area contributed by atoms with Gasteiger partial charge in [-0.05, 0) is 18.2 Å². The highest BCUT2D eigenvalue weighted by atomic mass is 32.1. The molecule has 1 heterocycles. The average molecular weight is 252 g/mol. The van der Waals surface area contributed by atoms with Crippen LogP contribution in [0.2, 0.25) is 0 Å². The van der Waals surface area contributed by atoms with E-state index in [1.165, 1.54) is 7.11 Å². The Morgan fingerprint density at radius 2 is 2.24 bits per heavy atom. The van der Waals surface area contributed by atoms with Gasteiger partial charge in [-0.1, -0.05) is 12.2 Å². The molecule has 6 heteroatoms. The maximum absolute atomic E-state index is 9.68. The van der Waals surface area contributed by atoms with E-state index in [-0.39, 0.29) is 11.6 Å². The first kappa shape index (κ1) is 11.7. The van der Waals surface area contributed by atoms with Gasteiger partial charge in [0.15, 0.2) is 16.5 Å². The molecule has 1 unspecified atom stereocenters. The summed E-state index contributed by atoms with van der Waals surface area (Å²) in [7, 11) is 3.23. The van der Waals surface area contributed by atoms with Crippen molar-refractivity contribution in [1.29, 1.82) is 5.41 Å². The van der Waals surface area contributed by atoms with Gasteiger partial charge in [-0.25, -0.2) is 0 Å². The highest BCUT2D eigenvalue weighted by molar-refractivity contribution is 7.82. The molecular formula is C11H12N2O3S. The number of methoxy groups -OCH3 is 1. The summed E-state index contributed by atoms with van der Waals surface area (Å²) in [6, 6.07) is 4.95. The van der Waals surface area contributed by atoms with Gasteiger partial charge in [-0.15, -0.1) is 0 Å². The largest absolute Gasteiger partial charge is 0.504 e. The molecule has 1 aliphatic heterocycles. The summed E-state index contributed by atoms with van der Waals surface area (Å²) in [4.78, 5) is 2.02. The Balaban J connectivity index is 2.33. The third kappa shape index (κ3) is 1.91. The summed E-state index contributed by atoms with van der Waals surface area (Å²) < 4.78 is 10.3. The van der Waals surface area contributed by atoms with Crippen molar-refractivity contribution in [3.63, 3.8) is 0 Å². The first-order chi connectivity index (χ1) is 8.04. The van der Waals surface area contributed by atoms with Gasteiger partial charge in [0.2, 0.25) is 12.1 Å². The van der Waals surface area contributed by atoms with Gasteiger partial charge in [-0.2, -0.15) is 0 Å². The third-order valence-corrected chi connectivity index (χ3v) is 3.06. The van der Waals surface area contributed by atoms with Crippen LogP contribution in [0.4, 0.5) is 0 Å². The standard InChI is InChI=1S/C11H12N2O3S/c1-13-10(16-9(12)11(13)17)6-3-4-8(15-2)7(14)5-6/h3-5,10,12,14H,1-2H3. The molecule has 1 atom stereocenters. The van der Waals surface area contributed by atoms with Crippen LogP contribution in [0, 0.1) is 5.41 Å². The minimum Gasteiger partial charge on any atom is -0.504 e. The molecule has 2 N–H and O–H groups in total. The molecule has 90 valence electrons. The second-order valence-electron chi connectivity index (χ2n) is 3.65. The summed E-state index contributed by atoms with van der Waals surface area (Å²) >= 11 is 5.01. The van der Waals surface area contributed by atoms with Crippen LogP contribution in [0.25, 0.3) is 0 Å². The SMILES string of the molecule is COc1ccc(C2OC(=N)C(=S)N2C)cc1O. The predicted molar refractivity (Wildman–Crippen MR) is 66.6 cm³/mol. The normalized spacial score (nSPS) is 19.4. The van der Waals surface area contributed by atoms with Gasteiger partial charge in [0.25, 0.3) is 0 Å². The van der Waals surface area contributed by atoms with Gasteiger partial charge in [0, 0.05) is 12.6 Å². The summed E-state index contributed by atoms with van der Waals surface area (Å²) in [6.45, 7) is 0. The van der Waals surface area contributed by atoms with E-state index in [9.17, 15) is 5.11 Å². The molecule has 1 aliphatic rings. The Kier molecular flexibility index (Phi) is 2.89. The number of nitrogens with one attached hydrogen (secondary N) is 1. The molecule has 0 radical (unpaired) electrons. The molecule has 2 rings (SSSR count). The van der Waals surface area contributed by atoms with E-state index in [2.05, 4.69) is 0 Å². The van der Waals surface area contributed by atoms with Gasteiger partial charge >= 0.3 is 0 Å². The number of benzene rings is 1. The number of thiocarbonyl (C=S) groups is 1. The molecule has 1 aromatic rings. The molecule has 0 amide bonds. The summed E-state index contributed by atoms with van der Waals surface area (Å²) in [5.41, 5.74) is 0.718. The maximum Gasteiger partial charge on any atom is 0.244 e. The number of phenols is 1. The molecule has 17 heavy (non-hydrogen) atoms. The van der Waals surface area contributed by atoms with Gasteiger partial charge < -0.3 is 19.5 Å². The molecule has 0 saturated carbocycles. The summed E-state index contributed by atoms with van der Waals surface area (Å²) in [6.07, 6.45) is -0.466. The smallest absolute Gasteiger partial charge is 0.244 e. The van der Waals surface area contributed by atoms with Gasteiger partial charge in [-0.3, -0.25) is 5.41 Å². The highest BCUT2D eigenvalue weighted by Gasteiger charge is 2.33. The second kappa shape index (κ2) is 4.21. The van der Waals surface area contributed by atoms with Crippen LogP contribution in [0.1, 0.15) is 11.8 Å². The van der Waals surface area contributed by atoms with Crippen LogP contribution in [-0.2, 0) is 4.74 Å². The fourth-order valence-corrected chi connectivity index (χ4v) is 1.80. The van der Waals surface area contributed by atoms with E-state index in [0.717, 1.165) is 5.56 Å². The van der Waals surface area contributed by atoms with Crippen molar-refractivity contribution in [1.82, 2.24) is 4.90 Å². The van der Waals surface area contributed by atoms with E-state index in [1.807, 2.05) is 0 Å². The Bertz CT molecular complexity index is 490. The fourth-order valence-electron chi connectivity index (χ4n) is 1.66. The first-order valence-electron chi connectivity index (χ1n) is 4.94. The molecule has 1 aromatic carbocycles.